The van der Waals surface area contributed by atoms with E-state index in [4.69, 9.17) is 0 Å². The summed E-state index contributed by atoms with van der Waals surface area (Å²) in [6.45, 7) is 7.10. The molecule has 1 saturated heterocycles. The first-order valence-corrected chi connectivity index (χ1v) is 8.41. The molecule has 20 heavy (non-hydrogen) atoms. The molecule has 3 rings (SSSR count). The van der Waals surface area contributed by atoms with Crippen molar-refractivity contribution in [1.82, 2.24) is 10.2 Å². The molecule has 2 heteroatoms. The highest BCUT2D eigenvalue weighted by Gasteiger charge is 2.27. The molecular weight excluding hydrogens is 244 g/mol. The van der Waals surface area contributed by atoms with Crippen molar-refractivity contribution in [2.45, 2.75) is 51.6 Å². The molecule has 1 atom stereocenters. The second-order valence-corrected chi connectivity index (χ2v) is 6.45. The van der Waals surface area contributed by atoms with Gasteiger partial charge in [0.2, 0.25) is 0 Å². The fourth-order valence-corrected chi connectivity index (χ4v) is 3.98. The van der Waals surface area contributed by atoms with E-state index in [0.717, 1.165) is 19.0 Å². The Balaban J connectivity index is 1.71. The first-order chi connectivity index (χ1) is 9.88. The zero-order chi connectivity index (χ0) is 13.8. The minimum atomic E-state index is 0.642. The number of hydrogen-bond acceptors (Lipinski definition) is 2. The Morgan fingerprint density at radius 1 is 1.15 bits per heavy atom. The Labute approximate surface area is 123 Å². The first-order valence-electron chi connectivity index (χ1n) is 8.41. The van der Waals surface area contributed by atoms with Crippen LogP contribution in [0.4, 0.5) is 0 Å². The highest BCUT2D eigenvalue weighted by molar-refractivity contribution is 5.31. The van der Waals surface area contributed by atoms with Gasteiger partial charge in [-0.05, 0) is 55.9 Å². The van der Waals surface area contributed by atoms with Crippen LogP contribution in [-0.2, 0) is 6.54 Å². The molecule has 1 N–H and O–H groups in total. The minimum absolute atomic E-state index is 0.642. The molecule has 0 aromatic heterocycles. The van der Waals surface area contributed by atoms with Crippen LogP contribution in [0.1, 0.15) is 56.2 Å². The first kappa shape index (κ1) is 14.1. The number of nitrogens with zero attached hydrogens (tertiary/aromatic N) is 1. The molecule has 1 unspecified atom stereocenters. The normalized spacial score (nSPS) is 25.1. The van der Waals surface area contributed by atoms with Crippen LogP contribution >= 0.6 is 0 Å². The largest absolute Gasteiger partial charge is 0.313 e. The zero-order valence-electron chi connectivity index (χ0n) is 12.8. The van der Waals surface area contributed by atoms with E-state index >= 15 is 0 Å². The summed E-state index contributed by atoms with van der Waals surface area (Å²) in [7, 11) is 0. The number of likely N-dealkylation sites (tertiary alicyclic amines) is 1. The van der Waals surface area contributed by atoms with Gasteiger partial charge in [0.1, 0.15) is 0 Å². The summed E-state index contributed by atoms with van der Waals surface area (Å²) in [6, 6.07) is 9.68. The van der Waals surface area contributed by atoms with Gasteiger partial charge in [-0.3, -0.25) is 4.90 Å². The zero-order valence-corrected chi connectivity index (χ0v) is 12.8. The van der Waals surface area contributed by atoms with Crippen LogP contribution in [0.3, 0.4) is 0 Å². The SMILES string of the molecule is CCCC1CCN(C2CCNCc3ccccc32)CC1. The molecule has 0 radical (unpaired) electrons. The van der Waals surface area contributed by atoms with E-state index in [0.29, 0.717) is 6.04 Å². The number of fused-ring (bicyclic) bond motifs is 1. The Hall–Kier alpha value is -0.860. The fraction of sp³-hybridized carbons (Fsp3) is 0.667. The van der Waals surface area contributed by atoms with Gasteiger partial charge >= 0.3 is 0 Å². The Morgan fingerprint density at radius 3 is 2.75 bits per heavy atom. The maximum Gasteiger partial charge on any atom is 0.0363 e. The van der Waals surface area contributed by atoms with Gasteiger partial charge in [-0.1, -0.05) is 44.0 Å². The third kappa shape index (κ3) is 3.07. The van der Waals surface area contributed by atoms with E-state index in [-0.39, 0.29) is 0 Å². The number of rotatable bonds is 3. The topological polar surface area (TPSA) is 15.3 Å². The van der Waals surface area contributed by atoms with Gasteiger partial charge in [0.25, 0.3) is 0 Å². The third-order valence-corrected chi connectivity index (χ3v) is 5.11. The lowest BCUT2D eigenvalue weighted by Gasteiger charge is -2.38. The molecule has 1 aromatic rings. The molecule has 0 bridgehead atoms. The lowest BCUT2D eigenvalue weighted by Crippen LogP contribution is -2.37. The smallest absolute Gasteiger partial charge is 0.0363 e. The number of benzene rings is 1. The van der Waals surface area contributed by atoms with E-state index in [1.807, 2.05) is 0 Å². The summed E-state index contributed by atoms with van der Waals surface area (Å²) >= 11 is 0. The molecular formula is C18H28N2. The van der Waals surface area contributed by atoms with E-state index in [9.17, 15) is 0 Å². The lowest BCUT2D eigenvalue weighted by atomic mass is 9.89. The summed E-state index contributed by atoms with van der Waals surface area (Å²) in [5, 5.41) is 3.57. The molecule has 0 saturated carbocycles. The van der Waals surface area contributed by atoms with Crippen molar-refractivity contribution in [1.29, 1.82) is 0 Å². The predicted octanol–water partition coefficient (Wildman–Crippen LogP) is 3.73. The maximum absolute atomic E-state index is 3.57. The molecule has 2 heterocycles. The van der Waals surface area contributed by atoms with Gasteiger partial charge in [0.05, 0.1) is 0 Å². The van der Waals surface area contributed by atoms with Crippen molar-refractivity contribution in [3.63, 3.8) is 0 Å². The fourth-order valence-electron chi connectivity index (χ4n) is 3.98. The van der Waals surface area contributed by atoms with E-state index in [1.165, 1.54) is 50.8 Å². The number of hydrogen-bond donors (Lipinski definition) is 1. The lowest BCUT2D eigenvalue weighted by molar-refractivity contribution is 0.124. The van der Waals surface area contributed by atoms with Gasteiger partial charge < -0.3 is 5.32 Å². The summed E-state index contributed by atoms with van der Waals surface area (Å²) < 4.78 is 0. The Morgan fingerprint density at radius 2 is 1.95 bits per heavy atom. The van der Waals surface area contributed by atoms with Crippen molar-refractivity contribution < 1.29 is 0 Å². The van der Waals surface area contributed by atoms with Gasteiger partial charge in [0, 0.05) is 12.6 Å². The van der Waals surface area contributed by atoms with Crippen LogP contribution in [0.2, 0.25) is 0 Å². The van der Waals surface area contributed by atoms with Crippen LogP contribution in [-0.4, -0.2) is 24.5 Å². The van der Waals surface area contributed by atoms with Crippen LogP contribution in [0.5, 0.6) is 0 Å². The highest BCUT2D eigenvalue weighted by atomic mass is 15.2. The highest BCUT2D eigenvalue weighted by Crippen LogP contribution is 2.33. The maximum atomic E-state index is 3.57. The summed E-state index contributed by atoms with van der Waals surface area (Å²) in [5.74, 6) is 0.982. The van der Waals surface area contributed by atoms with Crippen molar-refractivity contribution in [2.75, 3.05) is 19.6 Å². The molecule has 1 fully saturated rings. The second kappa shape index (κ2) is 6.73. The molecule has 0 amide bonds. The second-order valence-electron chi connectivity index (χ2n) is 6.45. The number of piperidine rings is 1. The Bertz CT molecular complexity index is 421. The van der Waals surface area contributed by atoms with Crippen molar-refractivity contribution >= 4 is 0 Å². The van der Waals surface area contributed by atoms with Crippen LogP contribution < -0.4 is 5.32 Å². The molecule has 110 valence electrons. The van der Waals surface area contributed by atoms with Crippen LogP contribution in [0.25, 0.3) is 0 Å². The van der Waals surface area contributed by atoms with Gasteiger partial charge in [-0.25, -0.2) is 0 Å². The summed E-state index contributed by atoms with van der Waals surface area (Å²) in [4.78, 5) is 2.75. The molecule has 2 aliphatic heterocycles. The molecule has 0 aliphatic carbocycles. The predicted molar refractivity (Wildman–Crippen MR) is 84.7 cm³/mol. The minimum Gasteiger partial charge on any atom is -0.313 e. The van der Waals surface area contributed by atoms with E-state index in [1.54, 1.807) is 5.56 Å². The van der Waals surface area contributed by atoms with Crippen LogP contribution in [0.15, 0.2) is 24.3 Å². The van der Waals surface area contributed by atoms with E-state index in [2.05, 4.69) is 41.4 Å². The molecule has 2 nitrogen and oxygen atoms in total. The molecule has 0 spiro atoms. The van der Waals surface area contributed by atoms with Crippen molar-refractivity contribution in [3.05, 3.63) is 35.4 Å². The summed E-state index contributed by atoms with van der Waals surface area (Å²) in [6.07, 6.45) is 6.84. The van der Waals surface area contributed by atoms with Crippen molar-refractivity contribution in [3.8, 4) is 0 Å². The van der Waals surface area contributed by atoms with Gasteiger partial charge in [0.15, 0.2) is 0 Å². The van der Waals surface area contributed by atoms with Crippen molar-refractivity contribution in [2.24, 2.45) is 5.92 Å². The monoisotopic (exact) mass is 272 g/mol. The number of nitrogens with one attached hydrogen (secondary N) is 1. The molecule has 2 aliphatic rings. The average Bonchev–Trinajstić information content (AvgIpc) is 2.71. The average molecular weight is 272 g/mol. The van der Waals surface area contributed by atoms with E-state index < -0.39 is 0 Å². The Kier molecular flexibility index (Phi) is 4.74. The molecule has 1 aromatic carbocycles. The van der Waals surface area contributed by atoms with Gasteiger partial charge in [-0.2, -0.15) is 0 Å². The third-order valence-electron chi connectivity index (χ3n) is 5.11. The quantitative estimate of drug-likeness (QED) is 0.902. The van der Waals surface area contributed by atoms with Gasteiger partial charge in [-0.15, -0.1) is 0 Å². The summed E-state index contributed by atoms with van der Waals surface area (Å²) in [5.41, 5.74) is 3.08. The standard InChI is InChI=1S/C18H28N2/c1-2-5-15-9-12-20(13-10-15)18-8-11-19-14-16-6-3-4-7-17(16)18/h3-4,6-7,15,18-19H,2,5,8-14H2,1H3. The van der Waals surface area contributed by atoms with Crippen LogP contribution in [0, 0.1) is 5.92 Å².